The normalized spacial score (nSPS) is 14.1. The van der Waals surface area contributed by atoms with E-state index in [4.69, 9.17) is 5.11 Å². The molecule has 0 bridgehead atoms. The fourth-order valence-electron chi connectivity index (χ4n) is 1.56. The van der Waals surface area contributed by atoms with Gasteiger partial charge in [0.05, 0.1) is 0 Å². The lowest BCUT2D eigenvalue weighted by Crippen LogP contribution is -2.44. The van der Waals surface area contributed by atoms with Crippen molar-refractivity contribution >= 4 is 12.0 Å². The first-order valence-electron chi connectivity index (χ1n) is 6.60. The summed E-state index contributed by atoms with van der Waals surface area (Å²) in [6.45, 7) is 8.09. The molecule has 0 saturated carbocycles. The molecular weight excluding hydrogens is 232 g/mol. The summed E-state index contributed by atoms with van der Waals surface area (Å²) in [4.78, 5) is 22.0. The summed E-state index contributed by atoms with van der Waals surface area (Å²) >= 11 is 0. The van der Waals surface area contributed by atoms with E-state index in [0.29, 0.717) is 12.3 Å². The topological polar surface area (TPSA) is 78.4 Å². The first-order chi connectivity index (χ1) is 8.31. The van der Waals surface area contributed by atoms with Crippen molar-refractivity contribution in [2.75, 3.05) is 0 Å². The third-order valence-corrected chi connectivity index (χ3v) is 2.72. The summed E-state index contributed by atoms with van der Waals surface area (Å²) < 4.78 is 0. The highest BCUT2D eigenvalue weighted by Crippen LogP contribution is 2.06. The Kier molecular flexibility index (Phi) is 8.16. The number of carboxylic acid groups (broad SMARTS) is 1. The van der Waals surface area contributed by atoms with Crippen LogP contribution in [0.4, 0.5) is 4.79 Å². The standard InChI is InChI=1S/C13H26N2O3/c1-9(2)5-6-10(3)14-13(18)15-11(4)7-8-12(16)17/h9-11H,5-8H2,1-4H3,(H,16,17)(H2,14,15,18). The van der Waals surface area contributed by atoms with E-state index in [0.717, 1.165) is 12.8 Å². The van der Waals surface area contributed by atoms with Crippen LogP contribution in [0.25, 0.3) is 0 Å². The van der Waals surface area contributed by atoms with Crippen LogP contribution in [0.1, 0.15) is 53.4 Å². The Hall–Kier alpha value is -1.26. The van der Waals surface area contributed by atoms with Crippen molar-refractivity contribution in [3.63, 3.8) is 0 Å². The van der Waals surface area contributed by atoms with Crippen molar-refractivity contribution in [1.82, 2.24) is 10.6 Å². The van der Waals surface area contributed by atoms with Gasteiger partial charge in [0.25, 0.3) is 0 Å². The highest BCUT2D eigenvalue weighted by Gasteiger charge is 2.11. The lowest BCUT2D eigenvalue weighted by Gasteiger charge is -2.18. The van der Waals surface area contributed by atoms with Gasteiger partial charge in [-0.15, -0.1) is 0 Å². The molecule has 0 spiro atoms. The fraction of sp³-hybridized carbons (Fsp3) is 0.846. The summed E-state index contributed by atoms with van der Waals surface area (Å²) in [5.74, 6) is -0.207. The first kappa shape index (κ1) is 16.7. The van der Waals surface area contributed by atoms with Crippen LogP contribution >= 0.6 is 0 Å². The van der Waals surface area contributed by atoms with Gasteiger partial charge < -0.3 is 15.7 Å². The Labute approximate surface area is 109 Å². The number of hydrogen-bond acceptors (Lipinski definition) is 2. The highest BCUT2D eigenvalue weighted by atomic mass is 16.4. The summed E-state index contributed by atoms with van der Waals surface area (Å²) in [6, 6.07) is -0.207. The second kappa shape index (κ2) is 8.78. The molecule has 0 rings (SSSR count). The molecule has 0 aromatic carbocycles. The van der Waals surface area contributed by atoms with E-state index in [1.165, 1.54) is 0 Å². The summed E-state index contributed by atoms with van der Waals surface area (Å²) in [5, 5.41) is 14.1. The number of amides is 2. The summed E-state index contributed by atoms with van der Waals surface area (Å²) in [7, 11) is 0. The molecule has 0 aliphatic rings. The third kappa shape index (κ3) is 9.93. The van der Waals surface area contributed by atoms with Gasteiger partial charge in [-0.3, -0.25) is 4.79 Å². The average Bonchev–Trinajstić information content (AvgIpc) is 2.23. The van der Waals surface area contributed by atoms with Crippen molar-refractivity contribution in [3.8, 4) is 0 Å². The van der Waals surface area contributed by atoms with Crippen LogP contribution in [0, 0.1) is 5.92 Å². The molecule has 0 aliphatic carbocycles. The zero-order chi connectivity index (χ0) is 14.1. The smallest absolute Gasteiger partial charge is 0.315 e. The van der Waals surface area contributed by atoms with Gasteiger partial charge in [-0.05, 0) is 39.0 Å². The number of nitrogens with one attached hydrogen (secondary N) is 2. The molecule has 0 radical (unpaired) electrons. The number of urea groups is 1. The SMILES string of the molecule is CC(C)CCC(C)NC(=O)NC(C)CCC(=O)O. The minimum atomic E-state index is -0.839. The van der Waals surface area contributed by atoms with Gasteiger partial charge in [-0.25, -0.2) is 4.79 Å². The minimum Gasteiger partial charge on any atom is -0.481 e. The molecule has 5 heteroatoms. The van der Waals surface area contributed by atoms with Crippen LogP contribution in [0.15, 0.2) is 0 Å². The van der Waals surface area contributed by atoms with E-state index in [9.17, 15) is 9.59 Å². The number of carbonyl (C=O) groups is 2. The van der Waals surface area contributed by atoms with Gasteiger partial charge in [-0.1, -0.05) is 13.8 Å². The molecule has 2 amide bonds. The van der Waals surface area contributed by atoms with Crippen molar-refractivity contribution in [3.05, 3.63) is 0 Å². The largest absolute Gasteiger partial charge is 0.481 e. The maximum atomic E-state index is 11.6. The predicted octanol–water partition coefficient (Wildman–Crippen LogP) is 2.36. The zero-order valence-electron chi connectivity index (χ0n) is 11.8. The molecule has 0 saturated heterocycles. The van der Waals surface area contributed by atoms with Gasteiger partial charge in [0.1, 0.15) is 0 Å². The third-order valence-electron chi connectivity index (χ3n) is 2.72. The second-order valence-electron chi connectivity index (χ2n) is 5.32. The maximum Gasteiger partial charge on any atom is 0.315 e. The Morgan fingerprint density at radius 2 is 1.44 bits per heavy atom. The molecule has 3 N–H and O–H groups in total. The molecule has 0 aromatic rings. The Bertz CT molecular complexity index is 267. The molecule has 0 aliphatic heterocycles. The van der Waals surface area contributed by atoms with Gasteiger partial charge >= 0.3 is 12.0 Å². The molecule has 0 heterocycles. The Balaban J connectivity index is 3.78. The molecule has 2 unspecified atom stereocenters. The van der Waals surface area contributed by atoms with Gasteiger partial charge in [0, 0.05) is 18.5 Å². The van der Waals surface area contributed by atoms with Crippen LogP contribution < -0.4 is 10.6 Å². The lowest BCUT2D eigenvalue weighted by molar-refractivity contribution is -0.137. The monoisotopic (exact) mass is 258 g/mol. The van der Waals surface area contributed by atoms with Crippen LogP contribution in [-0.2, 0) is 4.79 Å². The highest BCUT2D eigenvalue weighted by molar-refractivity contribution is 5.74. The summed E-state index contributed by atoms with van der Waals surface area (Å²) in [5.41, 5.74) is 0. The number of carboxylic acids is 1. The van der Waals surface area contributed by atoms with E-state index in [1.807, 2.05) is 6.92 Å². The van der Waals surface area contributed by atoms with Crippen LogP contribution in [0.5, 0.6) is 0 Å². The average molecular weight is 258 g/mol. The van der Waals surface area contributed by atoms with Crippen molar-refractivity contribution in [2.45, 2.75) is 65.5 Å². The zero-order valence-corrected chi connectivity index (χ0v) is 11.8. The fourth-order valence-corrected chi connectivity index (χ4v) is 1.56. The van der Waals surface area contributed by atoms with Crippen LogP contribution in [-0.4, -0.2) is 29.2 Å². The molecule has 5 nitrogen and oxygen atoms in total. The number of carbonyl (C=O) groups excluding carboxylic acids is 1. The van der Waals surface area contributed by atoms with E-state index in [1.54, 1.807) is 6.92 Å². The van der Waals surface area contributed by atoms with E-state index < -0.39 is 5.97 Å². The van der Waals surface area contributed by atoms with Crippen LogP contribution in [0.2, 0.25) is 0 Å². The quantitative estimate of drug-likeness (QED) is 0.625. The molecule has 2 atom stereocenters. The molecule has 106 valence electrons. The van der Waals surface area contributed by atoms with E-state index in [-0.39, 0.29) is 24.5 Å². The van der Waals surface area contributed by atoms with Gasteiger partial charge in [0.2, 0.25) is 0 Å². The lowest BCUT2D eigenvalue weighted by atomic mass is 10.0. The first-order valence-corrected chi connectivity index (χ1v) is 6.60. The minimum absolute atomic E-state index is 0.0738. The van der Waals surface area contributed by atoms with Crippen LogP contribution in [0.3, 0.4) is 0 Å². The van der Waals surface area contributed by atoms with Crippen molar-refractivity contribution < 1.29 is 14.7 Å². The Morgan fingerprint density at radius 3 is 1.89 bits per heavy atom. The second-order valence-corrected chi connectivity index (χ2v) is 5.32. The number of aliphatic carboxylic acids is 1. The molecule has 0 fully saturated rings. The van der Waals surface area contributed by atoms with E-state index in [2.05, 4.69) is 24.5 Å². The predicted molar refractivity (Wildman–Crippen MR) is 71.5 cm³/mol. The van der Waals surface area contributed by atoms with Crippen molar-refractivity contribution in [1.29, 1.82) is 0 Å². The van der Waals surface area contributed by atoms with Gasteiger partial charge in [-0.2, -0.15) is 0 Å². The van der Waals surface area contributed by atoms with Crippen molar-refractivity contribution in [2.24, 2.45) is 5.92 Å². The molecule has 18 heavy (non-hydrogen) atoms. The molecule has 0 aromatic heterocycles. The Morgan fingerprint density at radius 1 is 0.944 bits per heavy atom. The maximum absolute atomic E-state index is 11.6. The number of hydrogen-bond donors (Lipinski definition) is 3. The van der Waals surface area contributed by atoms with Gasteiger partial charge in [0.15, 0.2) is 0 Å². The molecular formula is C13H26N2O3. The van der Waals surface area contributed by atoms with E-state index >= 15 is 0 Å². The summed E-state index contributed by atoms with van der Waals surface area (Å²) in [6.07, 6.45) is 2.55. The number of rotatable bonds is 8.